The number of methoxy groups -OCH3 is 1. The highest BCUT2D eigenvalue weighted by Crippen LogP contribution is 2.15. The third-order valence-corrected chi connectivity index (χ3v) is 2.34. The van der Waals surface area contributed by atoms with Crippen molar-refractivity contribution in [2.24, 2.45) is 0 Å². The number of carbonyl (C=O) groups is 2. The van der Waals surface area contributed by atoms with Crippen LogP contribution in [0.15, 0.2) is 18.2 Å². The lowest BCUT2D eigenvalue weighted by molar-refractivity contribution is -0.141. The maximum Gasteiger partial charge on any atom is 0.325 e. The molecule has 0 aliphatic heterocycles. The first-order valence-corrected chi connectivity index (χ1v) is 5.11. The molecule has 1 aromatic rings. The second-order valence-corrected chi connectivity index (χ2v) is 3.80. The van der Waals surface area contributed by atoms with Crippen molar-refractivity contribution in [2.45, 2.75) is 0 Å². The molecule has 1 aromatic carbocycles. The maximum atomic E-state index is 13.4. The highest BCUT2D eigenvalue weighted by Gasteiger charge is 2.18. The number of hydrogen-bond acceptors (Lipinski definition) is 3. The number of carbonyl (C=O) groups excluding carboxylic acids is 2. The van der Waals surface area contributed by atoms with E-state index in [4.69, 9.17) is 11.6 Å². The first-order valence-electron chi connectivity index (χ1n) is 4.73. The van der Waals surface area contributed by atoms with Crippen LogP contribution in [-0.2, 0) is 9.53 Å². The van der Waals surface area contributed by atoms with Crippen molar-refractivity contribution in [1.82, 2.24) is 4.90 Å². The van der Waals surface area contributed by atoms with Crippen LogP contribution in [0, 0.1) is 5.82 Å². The summed E-state index contributed by atoms with van der Waals surface area (Å²) in [6.07, 6.45) is 0. The van der Waals surface area contributed by atoms with Gasteiger partial charge in [-0.3, -0.25) is 9.59 Å². The number of amides is 1. The largest absolute Gasteiger partial charge is 0.468 e. The molecule has 0 saturated heterocycles. The molecule has 1 rings (SSSR count). The molecule has 0 atom stereocenters. The van der Waals surface area contributed by atoms with E-state index in [0.717, 1.165) is 11.0 Å². The summed E-state index contributed by atoms with van der Waals surface area (Å²) >= 11 is 5.57. The molecule has 0 heterocycles. The number of nitrogens with zero attached hydrogens (tertiary/aromatic N) is 1. The predicted octanol–water partition coefficient (Wildman–Crippen LogP) is 1.72. The van der Waals surface area contributed by atoms with Gasteiger partial charge in [-0.1, -0.05) is 11.6 Å². The van der Waals surface area contributed by atoms with Crippen LogP contribution in [0.5, 0.6) is 0 Å². The van der Waals surface area contributed by atoms with Crippen LogP contribution in [-0.4, -0.2) is 37.5 Å². The summed E-state index contributed by atoms with van der Waals surface area (Å²) in [6, 6.07) is 3.72. The van der Waals surface area contributed by atoms with Gasteiger partial charge in [-0.2, -0.15) is 0 Å². The van der Waals surface area contributed by atoms with E-state index in [1.54, 1.807) is 0 Å². The van der Waals surface area contributed by atoms with Gasteiger partial charge in [0.15, 0.2) is 0 Å². The standard InChI is InChI=1S/C11H11ClFNO3/c1-14(6-10(15)17-2)11(16)8-4-3-7(12)5-9(8)13/h3-5H,6H2,1-2H3. The molecule has 0 aliphatic rings. The summed E-state index contributed by atoms with van der Waals surface area (Å²) in [6.45, 7) is -0.239. The molecular formula is C11H11ClFNO3. The second kappa shape index (κ2) is 5.63. The van der Waals surface area contributed by atoms with E-state index in [9.17, 15) is 14.0 Å². The molecule has 1 amide bonds. The Morgan fingerprint density at radius 1 is 1.47 bits per heavy atom. The summed E-state index contributed by atoms with van der Waals surface area (Å²) in [5, 5.41) is 0.203. The molecule has 4 nitrogen and oxygen atoms in total. The van der Waals surface area contributed by atoms with Gasteiger partial charge in [-0.05, 0) is 18.2 Å². The minimum atomic E-state index is -0.723. The number of likely N-dealkylation sites (N-methyl/N-ethyl adjacent to an activating group) is 1. The first-order chi connectivity index (χ1) is 7.95. The van der Waals surface area contributed by atoms with Gasteiger partial charge in [-0.15, -0.1) is 0 Å². The Hall–Kier alpha value is -1.62. The molecule has 0 aliphatic carbocycles. The normalized spacial score (nSPS) is 9.88. The van der Waals surface area contributed by atoms with Crippen LogP contribution >= 0.6 is 11.6 Å². The third kappa shape index (κ3) is 3.42. The predicted molar refractivity (Wildman–Crippen MR) is 60.4 cm³/mol. The number of ether oxygens (including phenoxy) is 1. The van der Waals surface area contributed by atoms with Gasteiger partial charge in [0, 0.05) is 12.1 Å². The fraction of sp³-hybridized carbons (Fsp3) is 0.273. The average molecular weight is 260 g/mol. The minimum Gasteiger partial charge on any atom is -0.468 e. The Kier molecular flexibility index (Phi) is 4.45. The fourth-order valence-corrected chi connectivity index (χ4v) is 1.36. The maximum absolute atomic E-state index is 13.4. The Labute approximate surface area is 103 Å². The Morgan fingerprint density at radius 3 is 2.65 bits per heavy atom. The molecule has 0 aromatic heterocycles. The summed E-state index contributed by atoms with van der Waals surface area (Å²) in [5.74, 6) is -1.90. The van der Waals surface area contributed by atoms with E-state index in [0.29, 0.717) is 0 Å². The zero-order valence-electron chi connectivity index (χ0n) is 9.37. The van der Waals surface area contributed by atoms with Crippen molar-refractivity contribution >= 4 is 23.5 Å². The number of esters is 1. The lowest BCUT2D eigenvalue weighted by Gasteiger charge is -2.15. The van der Waals surface area contributed by atoms with E-state index in [1.807, 2.05) is 0 Å². The fourth-order valence-electron chi connectivity index (χ4n) is 1.20. The van der Waals surface area contributed by atoms with Gasteiger partial charge < -0.3 is 9.64 Å². The van der Waals surface area contributed by atoms with Gasteiger partial charge in [0.25, 0.3) is 5.91 Å². The van der Waals surface area contributed by atoms with Crippen LogP contribution in [0.25, 0.3) is 0 Å². The van der Waals surface area contributed by atoms with Gasteiger partial charge in [0.1, 0.15) is 12.4 Å². The Bertz CT molecular complexity index is 450. The minimum absolute atomic E-state index is 0.138. The zero-order valence-corrected chi connectivity index (χ0v) is 10.1. The highest BCUT2D eigenvalue weighted by atomic mass is 35.5. The van der Waals surface area contributed by atoms with Crippen molar-refractivity contribution in [3.63, 3.8) is 0 Å². The highest BCUT2D eigenvalue weighted by molar-refractivity contribution is 6.30. The lowest BCUT2D eigenvalue weighted by atomic mass is 10.2. The van der Waals surface area contributed by atoms with Crippen molar-refractivity contribution in [3.05, 3.63) is 34.6 Å². The topological polar surface area (TPSA) is 46.6 Å². The summed E-state index contributed by atoms with van der Waals surface area (Å²) in [4.78, 5) is 23.8. The summed E-state index contributed by atoms with van der Waals surface area (Å²) < 4.78 is 17.8. The van der Waals surface area contributed by atoms with Gasteiger partial charge in [0.05, 0.1) is 12.7 Å². The number of rotatable bonds is 3. The number of benzene rings is 1. The average Bonchev–Trinajstić information content (AvgIpc) is 2.28. The molecule has 92 valence electrons. The van der Waals surface area contributed by atoms with Crippen molar-refractivity contribution in [1.29, 1.82) is 0 Å². The summed E-state index contributed by atoms with van der Waals surface area (Å²) in [7, 11) is 2.59. The zero-order chi connectivity index (χ0) is 13.0. The Balaban J connectivity index is 2.85. The lowest BCUT2D eigenvalue weighted by Crippen LogP contribution is -2.33. The molecule has 0 spiro atoms. The van der Waals surface area contributed by atoms with Gasteiger partial charge in [0.2, 0.25) is 0 Å². The van der Waals surface area contributed by atoms with Crippen LogP contribution in [0.1, 0.15) is 10.4 Å². The van der Waals surface area contributed by atoms with E-state index in [1.165, 1.54) is 26.3 Å². The van der Waals surface area contributed by atoms with Crippen molar-refractivity contribution < 1.29 is 18.7 Å². The van der Waals surface area contributed by atoms with Crippen LogP contribution in [0.4, 0.5) is 4.39 Å². The van der Waals surface area contributed by atoms with Crippen LogP contribution in [0.2, 0.25) is 5.02 Å². The van der Waals surface area contributed by atoms with Crippen LogP contribution in [0.3, 0.4) is 0 Å². The van der Waals surface area contributed by atoms with E-state index in [2.05, 4.69) is 4.74 Å². The van der Waals surface area contributed by atoms with E-state index < -0.39 is 17.7 Å². The van der Waals surface area contributed by atoms with Crippen molar-refractivity contribution in [3.8, 4) is 0 Å². The quantitative estimate of drug-likeness (QED) is 0.777. The molecular weight excluding hydrogens is 249 g/mol. The molecule has 0 saturated carbocycles. The smallest absolute Gasteiger partial charge is 0.325 e. The molecule has 6 heteroatoms. The Morgan fingerprint density at radius 2 is 2.12 bits per heavy atom. The van der Waals surface area contributed by atoms with Crippen molar-refractivity contribution in [2.75, 3.05) is 20.7 Å². The number of hydrogen-bond donors (Lipinski definition) is 0. The summed E-state index contributed by atoms with van der Waals surface area (Å²) in [5.41, 5.74) is -0.138. The molecule has 0 radical (unpaired) electrons. The van der Waals surface area contributed by atoms with Gasteiger partial charge in [-0.25, -0.2) is 4.39 Å². The van der Waals surface area contributed by atoms with Gasteiger partial charge >= 0.3 is 5.97 Å². The van der Waals surface area contributed by atoms with Crippen LogP contribution < -0.4 is 0 Å². The molecule has 17 heavy (non-hydrogen) atoms. The third-order valence-electron chi connectivity index (χ3n) is 2.10. The monoisotopic (exact) mass is 259 g/mol. The van der Waals surface area contributed by atoms with E-state index >= 15 is 0 Å². The number of halogens is 2. The SMILES string of the molecule is COC(=O)CN(C)C(=O)c1ccc(Cl)cc1F. The molecule has 0 bridgehead atoms. The molecule has 0 unspecified atom stereocenters. The molecule has 0 fully saturated rings. The van der Waals surface area contributed by atoms with E-state index in [-0.39, 0.29) is 17.1 Å². The first kappa shape index (κ1) is 13.4. The second-order valence-electron chi connectivity index (χ2n) is 3.36. The molecule has 0 N–H and O–H groups in total.